The Morgan fingerprint density at radius 2 is 1.78 bits per heavy atom. The second kappa shape index (κ2) is 6.75. The number of thiazole rings is 1. The summed E-state index contributed by atoms with van der Waals surface area (Å²) >= 11 is 1.50. The van der Waals surface area contributed by atoms with Crippen molar-refractivity contribution in [3.63, 3.8) is 0 Å². The van der Waals surface area contributed by atoms with Crippen LogP contribution < -0.4 is 4.90 Å². The van der Waals surface area contributed by atoms with E-state index in [0.29, 0.717) is 6.54 Å². The Balaban J connectivity index is 1.92. The standard InChI is InChI=1S/C19H18N2OS/c1-3-21(18(22)16-12-8-7-9-14(16)2)19-20-17(13-23-19)15-10-5-4-6-11-15/h4-13H,3H2,1-2H3. The molecule has 4 heteroatoms. The molecule has 2 aromatic carbocycles. The van der Waals surface area contributed by atoms with Gasteiger partial charge in [0.25, 0.3) is 5.91 Å². The van der Waals surface area contributed by atoms with Crippen LogP contribution in [0.2, 0.25) is 0 Å². The SMILES string of the molecule is CCN(C(=O)c1ccccc1C)c1nc(-c2ccccc2)cs1. The maximum atomic E-state index is 12.8. The third-order valence-corrected chi connectivity index (χ3v) is 4.59. The van der Waals surface area contributed by atoms with Gasteiger partial charge in [-0.1, -0.05) is 48.5 Å². The molecule has 0 unspecified atom stereocenters. The lowest BCUT2D eigenvalue weighted by atomic mass is 10.1. The van der Waals surface area contributed by atoms with Gasteiger partial charge in [-0.3, -0.25) is 9.69 Å². The number of aromatic nitrogens is 1. The highest BCUT2D eigenvalue weighted by Gasteiger charge is 2.20. The first kappa shape index (κ1) is 15.4. The third-order valence-electron chi connectivity index (χ3n) is 3.73. The van der Waals surface area contributed by atoms with E-state index in [0.717, 1.165) is 27.5 Å². The Morgan fingerprint density at radius 3 is 2.48 bits per heavy atom. The molecular weight excluding hydrogens is 304 g/mol. The van der Waals surface area contributed by atoms with Crippen LogP contribution in [0.15, 0.2) is 60.0 Å². The maximum absolute atomic E-state index is 12.8. The van der Waals surface area contributed by atoms with Crippen LogP contribution in [-0.4, -0.2) is 17.4 Å². The lowest BCUT2D eigenvalue weighted by Gasteiger charge is -2.18. The number of nitrogens with zero attached hydrogens (tertiary/aromatic N) is 2. The molecule has 1 aromatic heterocycles. The van der Waals surface area contributed by atoms with Gasteiger partial charge in [0.05, 0.1) is 5.69 Å². The molecule has 0 aliphatic rings. The van der Waals surface area contributed by atoms with Crippen LogP contribution in [-0.2, 0) is 0 Å². The minimum atomic E-state index is -0.000406. The van der Waals surface area contributed by atoms with Crippen molar-refractivity contribution in [2.24, 2.45) is 0 Å². The number of anilines is 1. The van der Waals surface area contributed by atoms with Crippen molar-refractivity contribution in [3.8, 4) is 11.3 Å². The molecule has 23 heavy (non-hydrogen) atoms. The smallest absolute Gasteiger partial charge is 0.260 e. The van der Waals surface area contributed by atoms with E-state index in [2.05, 4.69) is 4.98 Å². The summed E-state index contributed by atoms with van der Waals surface area (Å²) in [6.07, 6.45) is 0. The number of benzene rings is 2. The topological polar surface area (TPSA) is 33.2 Å². The number of hydrogen-bond donors (Lipinski definition) is 0. The Bertz CT molecular complexity index is 811. The van der Waals surface area contributed by atoms with Crippen molar-refractivity contribution in [2.75, 3.05) is 11.4 Å². The Hall–Kier alpha value is -2.46. The summed E-state index contributed by atoms with van der Waals surface area (Å²) in [6, 6.07) is 17.7. The van der Waals surface area contributed by atoms with Gasteiger partial charge in [0, 0.05) is 23.1 Å². The van der Waals surface area contributed by atoms with E-state index in [1.165, 1.54) is 11.3 Å². The van der Waals surface area contributed by atoms with Crippen LogP contribution >= 0.6 is 11.3 Å². The van der Waals surface area contributed by atoms with Crippen molar-refractivity contribution in [1.82, 2.24) is 4.98 Å². The van der Waals surface area contributed by atoms with E-state index < -0.39 is 0 Å². The number of amides is 1. The van der Waals surface area contributed by atoms with Gasteiger partial charge in [0.2, 0.25) is 0 Å². The summed E-state index contributed by atoms with van der Waals surface area (Å²) in [5.41, 5.74) is 3.68. The predicted molar refractivity (Wildman–Crippen MR) is 96.1 cm³/mol. The number of carbonyl (C=O) groups excluding carboxylic acids is 1. The monoisotopic (exact) mass is 322 g/mol. The molecule has 0 atom stereocenters. The molecule has 0 aliphatic heterocycles. The Morgan fingerprint density at radius 1 is 1.09 bits per heavy atom. The average Bonchev–Trinajstić information content (AvgIpc) is 3.06. The van der Waals surface area contributed by atoms with Crippen LogP contribution in [0.3, 0.4) is 0 Å². The number of carbonyl (C=O) groups is 1. The van der Waals surface area contributed by atoms with E-state index in [9.17, 15) is 4.79 Å². The van der Waals surface area contributed by atoms with Crippen molar-refractivity contribution < 1.29 is 4.79 Å². The van der Waals surface area contributed by atoms with E-state index in [-0.39, 0.29) is 5.91 Å². The van der Waals surface area contributed by atoms with Crippen LogP contribution in [0.1, 0.15) is 22.8 Å². The van der Waals surface area contributed by atoms with Crippen LogP contribution in [0.4, 0.5) is 5.13 Å². The van der Waals surface area contributed by atoms with Crippen molar-refractivity contribution in [1.29, 1.82) is 0 Å². The molecular formula is C19H18N2OS. The molecule has 0 radical (unpaired) electrons. The largest absolute Gasteiger partial charge is 0.284 e. The van der Waals surface area contributed by atoms with Crippen LogP contribution in [0.25, 0.3) is 11.3 Å². The molecule has 0 saturated heterocycles. The van der Waals surface area contributed by atoms with Gasteiger partial charge < -0.3 is 0 Å². The van der Waals surface area contributed by atoms with E-state index in [1.54, 1.807) is 4.90 Å². The van der Waals surface area contributed by atoms with E-state index >= 15 is 0 Å². The van der Waals surface area contributed by atoms with E-state index in [1.807, 2.05) is 73.8 Å². The summed E-state index contributed by atoms with van der Waals surface area (Å²) < 4.78 is 0. The maximum Gasteiger partial charge on any atom is 0.260 e. The molecule has 0 N–H and O–H groups in total. The first-order chi connectivity index (χ1) is 11.2. The average molecular weight is 322 g/mol. The summed E-state index contributed by atoms with van der Waals surface area (Å²) in [5, 5.41) is 2.73. The second-order valence-corrected chi connectivity index (χ2v) is 6.08. The molecule has 1 heterocycles. The minimum absolute atomic E-state index is 0.000406. The normalized spacial score (nSPS) is 10.5. The fraction of sp³-hybridized carbons (Fsp3) is 0.158. The molecule has 3 aromatic rings. The van der Waals surface area contributed by atoms with Gasteiger partial charge >= 0.3 is 0 Å². The first-order valence-electron chi connectivity index (χ1n) is 7.59. The molecule has 0 fully saturated rings. The van der Waals surface area contributed by atoms with Crippen LogP contribution in [0.5, 0.6) is 0 Å². The van der Waals surface area contributed by atoms with Gasteiger partial charge in [-0.15, -0.1) is 11.3 Å². The van der Waals surface area contributed by atoms with Crippen molar-refractivity contribution in [3.05, 3.63) is 71.1 Å². The highest BCUT2D eigenvalue weighted by molar-refractivity contribution is 7.14. The van der Waals surface area contributed by atoms with Gasteiger partial charge in [-0.2, -0.15) is 0 Å². The number of hydrogen-bond acceptors (Lipinski definition) is 3. The van der Waals surface area contributed by atoms with Gasteiger partial charge in [0.1, 0.15) is 0 Å². The van der Waals surface area contributed by atoms with Gasteiger partial charge in [-0.05, 0) is 25.5 Å². The fourth-order valence-electron chi connectivity index (χ4n) is 2.45. The van der Waals surface area contributed by atoms with Crippen molar-refractivity contribution in [2.45, 2.75) is 13.8 Å². The lowest BCUT2D eigenvalue weighted by molar-refractivity contribution is 0.0987. The van der Waals surface area contributed by atoms with Crippen molar-refractivity contribution >= 4 is 22.4 Å². The second-order valence-electron chi connectivity index (χ2n) is 5.25. The zero-order valence-corrected chi connectivity index (χ0v) is 14.0. The summed E-state index contributed by atoms with van der Waals surface area (Å²) in [4.78, 5) is 19.2. The Labute approximate surface area is 140 Å². The predicted octanol–water partition coefficient (Wildman–Crippen LogP) is 4.79. The zero-order valence-electron chi connectivity index (χ0n) is 13.2. The molecule has 116 valence electrons. The van der Waals surface area contributed by atoms with Gasteiger partial charge in [-0.25, -0.2) is 4.98 Å². The molecule has 1 amide bonds. The molecule has 0 spiro atoms. The summed E-state index contributed by atoms with van der Waals surface area (Å²) in [6.45, 7) is 4.52. The van der Waals surface area contributed by atoms with Gasteiger partial charge in [0.15, 0.2) is 5.13 Å². The number of rotatable bonds is 4. The molecule has 3 nitrogen and oxygen atoms in total. The van der Waals surface area contributed by atoms with Crippen LogP contribution in [0, 0.1) is 6.92 Å². The lowest BCUT2D eigenvalue weighted by Crippen LogP contribution is -2.31. The number of aryl methyl sites for hydroxylation is 1. The molecule has 0 bridgehead atoms. The molecule has 3 rings (SSSR count). The minimum Gasteiger partial charge on any atom is -0.284 e. The third kappa shape index (κ3) is 3.17. The summed E-state index contributed by atoms with van der Waals surface area (Å²) in [5.74, 6) is -0.000406. The Kier molecular flexibility index (Phi) is 4.53. The first-order valence-corrected chi connectivity index (χ1v) is 8.47. The summed E-state index contributed by atoms with van der Waals surface area (Å²) in [7, 11) is 0. The quantitative estimate of drug-likeness (QED) is 0.692. The molecule has 0 saturated carbocycles. The highest BCUT2D eigenvalue weighted by Crippen LogP contribution is 2.28. The van der Waals surface area contributed by atoms with E-state index in [4.69, 9.17) is 0 Å². The molecule has 0 aliphatic carbocycles. The zero-order chi connectivity index (χ0) is 16.2. The fourth-order valence-corrected chi connectivity index (χ4v) is 3.35. The highest BCUT2D eigenvalue weighted by atomic mass is 32.1.